The lowest BCUT2D eigenvalue weighted by atomic mass is 10.1. The van der Waals surface area contributed by atoms with E-state index in [1.165, 1.54) is 6.26 Å². The molecule has 0 aliphatic carbocycles. The fraction of sp³-hybridized carbons (Fsp3) is 0.100. The topological polar surface area (TPSA) is 46.3 Å². The number of hydrogen-bond donors (Lipinski definition) is 1. The zero-order chi connectivity index (χ0) is 9.10. The molecule has 0 bridgehead atoms. The molecule has 0 spiro atoms. The number of aliphatic hydroxyl groups is 1. The molecule has 1 aromatic carbocycles. The van der Waals surface area contributed by atoms with Crippen LogP contribution in [0.4, 0.5) is 0 Å². The van der Waals surface area contributed by atoms with Gasteiger partial charge in [-0.2, -0.15) is 0 Å². The molecule has 1 atom stereocenters. The highest BCUT2D eigenvalue weighted by Crippen LogP contribution is 2.19. The van der Waals surface area contributed by atoms with Crippen LogP contribution in [0.2, 0.25) is 0 Å². The van der Waals surface area contributed by atoms with Gasteiger partial charge in [0, 0.05) is 6.07 Å². The van der Waals surface area contributed by atoms with Gasteiger partial charge in [0.05, 0.1) is 0 Å². The van der Waals surface area contributed by atoms with Gasteiger partial charge >= 0.3 is 0 Å². The Morgan fingerprint density at radius 2 is 1.92 bits per heavy atom. The van der Waals surface area contributed by atoms with Crippen molar-refractivity contribution in [3.8, 4) is 0 Å². The third kappa shape index (κ3) is 1.60. The maximum atomic E-state index is 9.76. The molecule has 0 radical (unpaired) electrons. The van der Waals surface area contributed by atoms with Crippen molar-refractivity contribution in [3.05, 3.63) is 53.9 Å². The number of nitrogens with zero attached hydrogens (tertiary/aromatic N) is 1. The number of benzene rings is 1. The van der Waals surface area contributed by atoms with Crippen LogP contribution in [-0.2, 0) is 0 Å². The maximum Gasteiger partial charge on any atom is 0.124 e. The average Bonchev–Trinajstić information content (AvgIpc) is 2.71. The largest absolute Gasteiger partial charge is 0.382 e. The lowest BCUT2D eigenvalue weighted by molar-refractivity contribution is 0.208. The summed E-state index contributed by atoms with van der Waals surface area (Å²) >= 11 is 0. The molecule has 13 heavy (non-hydrogen) atoms. The Hall–Kier alpha value is -1.61. The first-order valence-electron chi connectivity index (χ1n) is 4.01. The van der Waals surface area contributed by atoms with E-state index in [-0.39, 0.29) is 0 Å². The quantitative estimate of drug-likeness (QED) is 0.756. The average molecular weight is 175 g/mol. The van der Waals surface area contributed by atoms with Crippen LogP contribution in [0.5, 0.6) is 0 Å². The molecule has 0 aliphatic rings. The second-order valence-corrected chi connectivity index (χ2v) is 2.74. The van der Waals surface area contributed by atoms with E-state index >= 15 is 0 Å². The first-order chi connectivity index (χ1) is 6.38. The summed E-state index contributed by atoms with van der Waals surface area (Å²) in [6.45, 7) is 0. The molecular weight excluding hydrogens is 166 g/mol. The van der Waals surface area contributed by atoms with Crippen molar-refractivity contribution in [2.45, 2.75) is 6.10 Å². The summed E-state index contributed by atoms with van der Waals surface area (Å²) < 4.78 is 4.65. The Morgan fingerprint density at radius 3 is 2.54 bits per heavy atom. The van der Waals surface area contributed by atoms with Crippen molar-refractivity contribution < 1.29 is 9.63 Å². The van der Waals surface area contributed by atoms with Crippen LogP contribution in [0.15, 0.2) is 47.2 Å². The highest BCUT2D eigenvalue weighted by Gasteiger charge is 2.11. The molecular formula is C10H9NO2. The molecule has 1 aromatic heterocycles. The fourth-order valence-corrected chi connectivity index (χ4v) is 1.17. The normalized spacial score (nSPS) is 12.7. The number of aliphatic hydroxyl groups excluding tert-OH is 1. The van der Waals surface area contributed by atoms with Gasteiger partial charge in [-0.1, -0.05) is 35.5 Å². The molecule has 3 nitrogen and oxygen atoms in total. The third-order valence-corrected chi connectivity index (χ3v) is 1.85. The van der Waals surface area contributed by atoms with E-state index in [2.05, 4.69) is 9.68 Å². The summed E-state index contributed by atoms with van der Waals surface area (Å²) in [5, 5.41) is 13.4. The van der Waals surface area contributed by atoms with Crippen molar-refractivity contribution in [1.82, 2.24) is 5.16 Å². The number of hydrogen-bond acceptors (Lipinski definition) is 3. The van der Waals surface area contributed by atoms with Crippen molar-refractivity contribution in [2.24, 2.45) is 0 Å². The minimum absolute atomic E-state index is 0.534. The molecule has 0 aliphatic heterocycles. The minimum atomic E-state index is -0.694. The monoisotopic (exact) mass is 175 g/mol. The van der Waals surface area contributed by atoms with Crippen LogP contribution in [0.25, 0.3) is 0 Å². The van der Waals surface area contributed by atoms with Gasteiger partial charge in [-0.05, 0) is 5.56 Å². The molecule has 0 saturated heterocycles. The number of aromatic nitrogens is 1. The number of rotatable bonds is 2. The van der Waals surface area contributed by atoms with E-state index in [9.17, 15) is 5.11 Å². The molecule has 0 fully saturated rings. The molecule has 1 N–H and O–H groups in total. The van der Waals surface area contributed by atoms with E-state index in [1.54, 1.807) is 6.07 Å². The molecule has 2 aromatic rings. The Kier molecular flexibility index (Phi) is 2.10. The zero-order valence-corrected chi connectivity index (χ0v) is 6.92. The summed E-state index contributed by atoms with van der Waals surface area (Å²) in [5.74, 6) is 0. The minimum Gasteiger partial charge on any atom is -0.382 e. The van der Waals surface area contributed by atoms with Gasteiger partial charge in [-0.25, -0.2) is 0 Å². The standard InChI is InChI=1S/C10H9NO2/c12-10(9-6-7-13-11-9)8-4-2-1-3-5-8/h1-7,10,12H. The van der Waals surface area contributed by atoms with Crippen molar-refractivity contribution >= 4 is 0 Å². The van der Waals surface area contributed by atoms with Gasteiger partial charge < -0.3 is 9.63 Å². The van der Waals surface area contributed by atoms with E-state index < -0.39 is 6.10 Å². The third-order valence-electron chi connectivity index (χ3n) is 1.85. The summed E-state index contributed by atoms with van der Waals surface area (Å²) in [6, 6.07) is 11.0. The molecule has 66 valence electrons. The van der Waals surface area contributed by atoms with E-state index in [0.717, 1.165) is 5.56 Å². The van der Waals surface area contributed by atoms with Crippen molar-refractivity contribution in [2.75, 3.05) is 0 Å². The Balaban J connectivity index is 2.29. The van der Waals surface area contributed by atoms with Crippen LogP contribution < -0.4 is 0 Å². The van der Waals surface area contributed by atoms with Gasteiger partial charge in [0.2, 0.25) is 0 Å². The predicted octanol–water partition coefficient (Wildman–Crippen LogP) is 1.76. The van der Waals surface area contributed by atoms with Crippen LogP contribution in [0.1, 0.15) is 17.4 Å². The van der Waals surface area contributed by atoms with Crippen molar-refractivity contribution in [1.29, 1.82) is 0 Å². The summed E-state index contributed by atoms with van der Waals surface area (Å²) in [5.41, 5.74) is 1.35. The maximum absolute atomic E-state index is 9.76. The Labute approximate surface area is 75.6 Å². The van der Waals surface area contributed by atoms with Crippen molar-refractivity contribution in [3.63, 3.8) is 0 Å². The van der Waals surface area contributed by atoms with Crippen LogP contribution >= 0.6 is 0 Å². The van der Waals surface area contributed by atoms with E-state index in [4.69, 9.17) is 0 Å². The lowest BCUT2D eigenvalue weighted by Gasteiger charge is -2.05. The van der Waals surface area contributed by atoms with Crippen LogP contribution in [0, 0.1) is 0 Å². The molecule has 1 heterocycles. The Bertz CT molecular complexity index is 356. The van der Waals surface area contributed by atoms with E-state index in [0.29, 0.717) is 5.69 Å². The van der Waals surface area contributed by atoms with E-state index in [1.807, 2.05) is 30.3 Å². The highest BCUT2D eigenvalue weighted by molar-refractivity contribution is 5.23. The highest BCUT2D eigenvalue weighted by atomic mass is 16.5. The zero-order valence-electron chi connectivity index (χ0n) is 6.92. The molecule has 3 heteroatoms. The fourth-order valence-electron chi connectivity index (χ4n) is 1.17. The van der Waals surface area contributed by atoms with Gasteiger partial charge in [0.15, 0.2) is 0 Å². The second kappa shape index (κ2) is 3.41. The SMILES string of the molecule is OC(c1ccccc1)c1ccon1. The van der Waals surface area contributed by atoms with Gasteiger partial charge in [0.1, 0.15) is 18.1 Å². The van der Waals surface area contributed by atoms with Gasteiger partial charge in [-0.15, -0.1) is 0 Å². The summed E-state index contributed by atoms with van der Waals surface area (Å²) in [7, 11) is 0. The Morgan fingerprint density at radius 1 is 1.15 bits per heavy atom. The second-order valence-electron chi connectivity index (χ2n) is 2.74. The van der Waals surface area contributed by atoms with Crippen LogP contribution in [-0.4, -0.2) is 10.3 Å². The molecule has 2 rings (SSSR count). The first-order valence-corrected chi connectivity index (χ1v) is 4.01. The molecule has 0 saturated carbocycles. The van der Waals surface area contributed by atoms with Gasteiger partial charge in [0.25, 0.3) is 0 Å². The van der Waals surface area contributed by atoms with Crippen LogP contribution in [0.3, 0.4) is 0 Å². The lowest BCUT2D eigenvalue weighted by Crippen LogP contribution is -1.98. The van der Waals surface area contributed by atoms with Gasteiger partial charge in [-0.3, -0.25) is 0 Å². The smallest absolute Gasteiger partial charge is 0.124 e. The summed E-state index contributed by atoms with van der Waals surface area (Å²) in [6.07, 6.45) is 0.751. The molecule has 0 amide bonds. The summed E-state index contributed by atoms with van der Waals surface area (Å²) in [4.78, 5) is 0. The first kappa shape index (κ1) is 8.01. The molecule has 1 unspecified atom stereocenters. The predicted molar refractivity (Wildman–Crippen MR) is 47.0 cm³/mol.